The maximum Gasteiger partial charge on any atom is 0.253 e. The van der Waals surface area contributed by atoms with E-state index in [0.29, 0.717) is 17.7 Å². The van der Waals surface area contributed by atoms with Gasteiger partial charge in [0, 0.05) is 30.8 Å². The molecule has 5 nitrogen and oxygen atoms in total. The first-order chi connectivity index (χ1) is 13.2. The van der Waals surface area contributed by atoms with Gasteiger partial charge in [0.05, 0.1) is 5.60 Å². The number of rotatable bonds is 4. The van der Waals surface area contributed by atoms with Gasteiger partial charge in [-0.2, -0.15) is 0 Å². The molecular formula is C23H28N2O3. The van der Waals surface area contributed by atoms with Crippen molar-refractivity contribution >= 4 is 11.8 Å². The molecule has 1 atom stereocenters. The lowest BCUT2D eigenvalue weighted by Gasteiger charge is -2.39. The van der Waals surface area contributed by atoms with E-state index >= 15 is 0 Å². The number of nitrogens with two attached hydrogens (primary N) is 1. The Morgan fingerprint density at radius 1 is 1.11 bits per heavy atom. The van der Waals surface area contributed by atoms with Gasteiger partial charge in [-0.1, -0.05) is 18.2 Å². The number of carbonyl (C=O) groups is 2. The Hall–Kier alpha value is -2.66. The SMILES string of the molecule is Cc1ccc(C(N)=O)cc1-c1ccc(C(=O)N(C)C2CCOC(C)(C)C2)cc1. The van der Waals surface area contributed by atoms with Gasteiger partial charge in [-0.25, -0.2) is 0 Å². The van der Waals surface area contributed by atoms with Crippen molar-refractivity contribution in [3.8, 4) is 11.1 Å². The van der Waals surface area contributed by atoms with Crippen LogP contribution < -0.4 is 5.73 Å². The number of benzene rings is 2. The normalized spacial score (nSPS) is 18.5. The fourth-order valence-corrected chi connectivity index (χ4v) is 3.78. The zero-order chi connectivity index (χ0) is 20.5. The summed E-state index contributed by atoms with van der Waals surface area (Å²) in [5.41, 5.74) is 9.26. The third-order valence-corrected chi connectivity index (χ3v) is 5.50. The fourth-order valence-electron chi connectivity index (χ4n) is 3.78. The molecule has 1 aliphatic rings. The molecule has 0 aromatic heterocycles. The molecule has 1 aliphatic heterocycles. The van der Waals surface area contributed by atoms with Crippen LogP contribution in [0.2, 0.25) is 0 Å². The van der Waals surface area contributed by atoms with E-state index in [1.807, 2.05) is 49.2 Å². The maximum atomic E-state index is 12.9. The summed E-state index contributed by atoms with van der Waals surface area (Å²) in [6, 6.07) is 13.1. The molecule has 1 fully saturated rings. The van der Waals surface area contributed by atoms with Crippen molar-refractivity contribution in [2.45, 2.75) is 45.3 Å². The van der Waals surface area contributed by atoms with Gasteiger partial charge in [0.2, 0.25) is 5.91 Å². The molecule has 2 aromatic carbocycles. The molecule has 0 saturated carbocycles. The van der Waals surface area contributed by atoms with Crippen molar-refractivity contribution < 1.29 is 14.3 Å². The third kappa shape index (κ3) is 4.25. The lowest BCUT2D eigenvalue weighted by Crippen LogP contribution is -2.46. The van der Waals surface area contributed by atoms with E-state index in [-0.39, 0.29) is 17.6 Å². The van der Waals surface area contributed by atoms with E-state index in [1.165, 1.54) is 0 Å². The van der Waals surface area contributed by atoms with Crippen LogP contribution in [0.3, 0.4) is 0 Å². The molecule has 5 heteroatoms. The quantitative estimate of drug-likeness (QED) is 0.877. The van der Waals surface area contributed by atoms with Crippen LogP contribution in [0, 0.1) is 6.92 Å². The predicted molar refractivity (Wildman–Crippen MR) is 110 cm³/mol. The average molecular weight is 380 g/mol. The molecule has 2 aromatic rings. The number of hydrogen-bond acceptors (Lipinski definition) is 3. The first-order valence-electron chi connectivity index (χ1n) is 9.60. The van der Waals surface area contributed by atoms with Gasteiger partial charge in [0.25, 0.3) is 5.91 Å². The molecule has 0 radical (unpaired) electrons. The molecule has 1 unspecified atom stereocenters. The molecule has 0 bridgehead atoms. The minimum atomic E-state index is -0.450. The smallest absolute Gasteiger partial charge is 0.253 e. The number of nitrogens with zero attached hydrogens (tertiary/aromatic N) is 1. The highest BCUT2D eigenvalue weighted by Crippen LogP contribution is 2.29. The Morgan fingerprint density at radius 2 is 1.75 bits per heavy atom. The standard InChI is InChI=1S/C23H28N2O3/c1-15-5-6-18(21(24)26)13-20(15)16-7-9-17(10-8-16)22(27)25(4)19-11-12-28-23(2,3)14-19/h5-10,13,19H,11-12,14H2,1-4H3,(H2,24,26). The van der Waals surface area contributed by atoms with Gasteiger partial charge in [0.15, 0.2) is 0 Å². The summed E-state index contributed by atoms with van der Waals surface area (Å²) in [6.07, 6.45) is 1.68. The molecule has 2 amide bonds. The third-order valence-electron chi connectivity index (χ3n) is 5.50. The molecule has 3 rings (SSSR count). The minimum Gasteiger partial charge on any atom is -0.375 e. The van der Waals surface area contributed by atoms with Crippen molar-refractivity contribution in [3.05, 3.63) is 59.2 Å². The second kappa shape index (κ2) is 7.76. The number of primary amides is 1. The molecule has 28 heavy (non-hydrogen) atoms. The van der Waals surface area contributed by atoms with Crippen molar-refractivity contribution in [1.82, 2.24) is 4.90 Å². The van der Waals surface area contributed by atoms with E-state index in [0.717, 1.165) is 29.5 Å². The molecule has 0 spiro atoms. The molecule has 148 valence electrons. The average Bonchev–Trinajstić information content (AvgIpc) is 2.66. The second-order valence-corrected chi connectivity index (χ2v) is 8.14. The summed E-state index contributed by atoms with van der Waals surface area (Å²) in [6.45, 7) is 6.78. The summed E-state index contributed by atoms with van der Waals surface area (Å²) in [4.78, 5) is 26.2. The molecule has 1 heterocycles. The summed E-state index contributed by atoms with van der Waals surface area (Å²) in [5, 5.41) is 0. The predicted octanol–water partition coefficient (Wildman–Crippen LogP) is 3.79. The van der Waals surface area contributed by atoms with E-state index in [1.54, 1.807) is 12.1 Å². The van der Waals surface area contributed by atoms with Gasteiger partial charge >= 0.3 is 0 Å². The Balaban J connectivity index is 1.80. The summed E-state index contributed by atoms with van der Waals surface area (Å²) in [5.74, 6) is -0.439. The molecule has 2 N–H and O–H groups in total. The van der Waals surface area contributed by atoms with Crippen molar-refractivity contribution in [1.29, 1.82) is 0 Å². The van der Waals surface area contributed by atoms with Crippen LogP contribution in [0.15, 0.2) is 42.5 Å². The monoisotopic (exact) mass is 380 g/mol. The molecule has 0 aliphatic carbocycles. The Morgan fingerprint density at radius 3 is 2.36 bits per heavy atom. The summed E-state index contributed by atoms with van der Waals surface area (Å²) < 4.78 is 5.76. The van der Waals surface area contributed by atoms with Crippen LogP contribution >= 0.6 is 0 Å². The minimum absolute atomic E-state index is 0.0110. The Kier molecular flexibility index (Phi) is 5.57. The van der Waals surface area contributed by atoms with Crippen LogP contribution in [0.5, 0.6) is 0 Å². The molecular weight excluding hydrogens is 352 g/mol. The summed E-state index contributed by atoms with van der Waals surface area (Å²) >= 11 is 0. The highest BCUT2D eigenvalue weighted by molar-refractivity contribution is 5.96. The lowest BCUT2D eigenvalue weighted by molar-refractivity contribution is -0.0756. The molecule has 1 saturated heterocycles. The van der Waals surface area contributed by atoms with Gasteiger partial charge in [-0.15, -0.1) is 0 Å². The highest BCUT2D eigenvalue weighted by Gasteiger charge is 2.33. The van der Waals surface area contributed by atoms with E-state index in [2.05, 4.69) is 13.8 Å². The largest absolute Gasteiger partial charge is 0.375 e. The Labute approximate surface area is 166 Å². The van der Waals surface area contributed by atoms with Crippen LogP contribution in [-0.4, -0.2) is 42.0 Å². The zero-order valence-electron chi connectivity index (χ0n) is 17.0. The fraction of sp³-hybridized carbons (Fsp3) is 0.391. The number of ether oxygens (including phenoxy) is 1. The van der Waals surface area contributed by atoms with Crippen molar-refractivity contribution in [2.24, 2.45) is 5.73 Å². The van der Waals surface area contributed by atoms with Gasteiger partial charge in [0.1, 0.15) is 0 Å². The Bertz CT molecular complexity index is 887. The van der Waals surface area contributed by atoms with Gasteiger partial charge < -0.3 is 15.4 Å². The number of hydrogen-bond donors (Lipinski definition) is 1. The van der Waals surface area contributed by atoms with Crippen LogP contribution in [-0.2, 0) is 4.74 Å². The first kappa shape index (κ1) is 20.1. The van der Waals surface area contributed by atoms with Gasteiger partial charge in [-0.3, -0.25) is 9.59 Å². The lowest BCUT2D eigenvalue weighted by atomic mass is 9.92. The van der Waals surface area contributed by atoms with Crippen molar-refractivity contribution in [2.75, 3.05) is 13.7 Å². The zero-order valence-corrected chi connectivity index (χ0v) is 17.0. The van der Waals surface area contributed by atoms with E-state index < -0.39 is 5.91 Å². The van der Waals surface area contributed by atoms with Crippen LogP contribution in [0.4, 0.5) is 0 Å². The maximum absolute atomic E-state index is 12.9. The van der Waals surface area contributed by atoms with Crippen molar-refractivity contribution in [3.63, 3.8) is 0 Å². The van der Waals surface area contributed by atoms with E-state index in [9.17, 15) is 9.59 Å². The highest BCUT2D eigenvalue weighted by atomic mass is 16.5. The topological polar surface area (TPSA) is 72.6 Å². The first-order valence-corrected chi connectivity index (χ1v) is 9.60. The number of amides is 2. The second-order valence-electron chi connectivity index (χ2n) is 8.14. The number of carbonyl (C=O) groups excluding carboxylic acids is 2. The van der Waals surface area contributed by atoms with E-state index in [4.69, 9.17) is 10.5 Å². The summed E-state index contributed by atoms with van der Waals surface area (Å²) in [7, 11) is 1.86. The number of aryl methyl sites for hydroxylation is 1. The van der Waals surface area contributed by atoms with Crippen LogP contribution in [0.25, 0.3) is 11.1 Å². The van der Waals surface area contributed by atoms with Gasteiger partial charge in [-0.05, 0) is 74.6 Å². The van der Waals surface area contributed by atoms with Crippen LogP contribution in [0.1, 0.15) is 53.0 Å².